The molecular formula is C19H27ClN4O3. The standard InChI is InChI=1S/C19H27ClN4O3/c1-19(2,3)27-18(26)23-16(22)10-15(21)13-6-4-12(5-7-13)11-24(17(20)25)14-8-9-14/h4-7,10,14-15H,8-9,11,21-22H2,1-3H3,(H,23,26)/b16-10-. The van der Waals surface area contributed by atoms with E-state index in [2.05, 4.69) is 5.32 Å². The van der Waals surface area contributed by atoms with E-state index in [9.17, 15) is 9.59 Å². The number of carbonyl (C=O) groups is 2. The van der Waals surface area contributed by atoms with Gasteiger partial charge in [0.25, 0.3) is 0 Å². The highest BCUT2D eigenvalue weighted by atomic mass is 35.5. The minimum atomic E-state index is -0.635. The summed E-state index contributed by atoms with van der Waals surface area (Å²) in [5, 5.41) is 2.02. The van der Waals surface area contributed by atoms with Crippen molar-refractivity contribution >= 4 is 23.1 Å². The number of carbonyl (C=O) groups excluding carboxylic acids is 2. The van der Waals surface area contributed by atoms with Gasteiger partial charge < -0.3 is 21.1 Å². The zero-order valence-electron chi connectivity index (χ0n) is 15.9. The Morgan fingerprint density at radius 1 is 1.33 bits per heavy atom. The van der Waals surface area contributed by atoms with Gasteiger partial charge in [-0.3, -0.25) is 10.1 Å². The van der Waals surface area contributed by atoms with Gasteiger partial charge in [0.15, 0.2) is 0 Å². The van der Waals surface area contributed by atoms with Crippen LogP contribution < -0.4 is 16.8 Å². The SMILES string of the molecule is CC(C)(C)OC(=O)N/C(N)=C\C(N)c1ccc(CN(C(=O)Cl)C2CC2)cc1. The molecule has 1 saturated carbocycles. The fraction of sp³-hybridized carbons (Fsp3) is 0.474. The fourth-order valence-corrected chi connectivity index (χ4v) is 2.71. The van der Waals surface area contributed by atoms with Crippen molar-refractivity contribution in [3.8, 4) is 0 Å². The van der Waals surface area contributed by atoms with Crippen molar-refractivity contribution in [3.63, 3.8) is 0 Å². The van der Waals surface area contributed by atoms with Crippen molar-refractivity contribution < 1.29 is 14.3 Å². The third kappa shape index (κ3) is 7.11. The minimum Gasteiger partial charge on any atom is -0.444 e. The Labute approximate surface area is 164 Å². The van der Waals surface area contributed by atoms with Crippen LogP contribution in [0, 0.1) is 0 Å². The van der Waals surface area contributed by atoms with Gasteiger partial charge in [-0.25, -0.2) is 4.79 Å². The molecule has 0 bridgehead atoms. The van der Waals surface area contributed by atoms with Crippen LogP contribution in [0.1, 0.15) is 50.8 Å². The Hall–Kier alpha value is -2.25. The molecule has 27 heavy (non-hydrogen) atoms. The molecule has 5 N–H and O–H groups in total. The second-order valence-electron chi connectivity index (χ2n) is 7.63. The zero-order valence-corrected chi connectivity index (χ0v) is 16.6. The first-order valence-corrected chi connectivity index (χ1v) is 9.21. The van der Waals surface area contributed by atoms with Gasteiger partial charge in [0.2, 0.25) is 0 Å². The van der Waals surface area contributed by atoms with Crippen molar-refractivity contribution in [1.29, 1.82) is 0 Å². The lowest BCUT2D eigenvalue weighted by atomic mass is 10.0. The second-order valence-corrected chi connectivity index (χ2v) is 7.95. The summed E-state index contributed by atoms with van der Waals surface area (Å²) in [5.74, 6) is 0.119. The number of hydrogen-bond donors (Lipinski definition) is 3. The molecule has 1 aromatic carbocycles. The number of nitrogens with two attached hydrogens (primary N) is 2. The summed E-state index contributed by atoms with van der Waals surface area (Å²) in [7, 11) is 0. The van der Waals surface area contributed by atoms with E-state index in [-0.39, 0.29) is 11.9 Å². The van der Waals surface area contributed by atoms with Gasteiger partial charge in [-0.05, 0) is 62.4 Å². The van der Waals surface area contributed by atoms with Gasteiger partial charge in [-0.15, -0.1) is 0 Å². The molecular weight excluding hydrogens is 368 g/mol. The van der Waals surface area contributed by atoms with Gasteiger partial charge in [0.05, 0.1) is 6.04 Å². The molecule has 1 aliphatic carbocycles. The van der Waals surface area contributed by atoms with Crippen LogP contribution in [0.5, 0.6) is 0 Å². The van der Waals surface area contributed by atoms with Crippen molar-refractivity contribution in [2.45, 2.75) is 57.8 Å². The third-order valence-electron chi connectivity index (χ3n) is 3.94. The van der Waals surface area contributed by atoms with Crippen LogP contribution in [0.3, 0.4) is 0 Å². The van der Waals surface area contributed by atoms with Gasteiger partial charge in [-0.1, -0.05) is 24.3 Å². The summed E-state index contributed by atoms with van der Waals surface area (Å²) in [4.78, 5) is 24.9. The van der Waals surface area contributed by atoms with Gasteiger partial charge >= 0.3 is 11.5 Å². The molecule has 0 spiro atoms. The number of rotatable bonds is 6. The molecule has 2 amide bonds. The van der Waals surface area contributed by atoms with Crippen LogP contribution in [-0.2, 0) is 11.3 Å². The minimum absolute atomic E-state index is 0.119. The maximum atomic E-state index is 11.7. The molecule has 0 saturated heterocycles. The summed E-state index contributed by atoms with van der Waals surface area (Å²) >= 11 is 5.65. The number of halogens is 1. The van der Waals surface area contributed by atoms with E-state index in [0.29, 0.717) is 6.54 Å². The van der Waals surface area contributed by atoms with Gasteiger partial charge in [0.1, 0.15) is 11.4 Å². The molecule has 8 heteroatoms. The highest BCUT2D eigenvalue weighted by Gasteiger charge is 2.31. The molecule has 148 valence electrons. The Bertz CT molecular complexity index is 709. The predicted molar refractivity (Wildman–Crippen MR) is 105 cm³/mol. The first kappa shape index (κ1) is 21.1. The smallest absolute Gasteiger partial charge is 0.413 e. The van der Waals surface area contributed by atoms with Crippen molar-refractivity contribution in [3.05, 3.63) is 47.3 Å². The van der Waals surface area contributed by atoms with E-state index < -0.39 is 23.1 Å². The number of alkyl carbamates (subject to hydrolysis) is 1. The van der Waals surface area contributed by atoms with E-state index in [4.69, 9.17) is 27.8 Å². The highest BCUT2D eigenvalue weighted by molar-refractivity contribution is 6.62. The van der Waals surface area contributed by atoms with Crippen LogP contribution in [-0.4, -0.2) is 28.0 Å². The second kappa shape index (κ2) is 8.63. The van der Waals surface area contributed by atoms with Gasteiger partial charge in [0, 0.05) is 12.6 Å². The Morgan fingerprint density at radius 2 is 1.93 bits per heavy atom. The largest absolute Gasteiger partial charge is 0.444 e. The van der Waals surface area contributed by atoms with E-state index in [0.717, 1.165) is 24.0 Å². The first-order chi connectivity index (χ1) is 12.5. The summed E-state index contributed by atoms with van der Waals surface area (Å²) in [6.45, 7) is 5.77. The molecule has 1 unspecified atom stereocenters. The Kier molecular flexibility index (Phi) is 6.73. The Balaban J connectivity index is 1.95. The van der Waals surface area contributed by atoms with Crippen LogP contribution in [0.2, 0.25) is 0 Å². The molecule has 0 radical (unpaired) electrons. The van der Waals surface area contributed by atoms with Crippen molar-refractivity contribution in [2.75, 3.05) is 0 Å². The van der Waals surface area contributed by atoms with Gasteiger partial charge in [-0.2, -0.15) is 0 Å². The van der Waals surface area contributed by atoms with Crippen LogP contribution in [0.4, 0.5) is 9.59 Å². The molecule has 0 aliphatic heterocycles. The van der Waals surface area contributed by atoms with Crippen molar-refractivity contribution in [1.82, 2.24) is 10.2 Å². The van der Waals surface area contributed by atoms with Crippen molar-refractivity contribution in [2.24, 2.45) is 11.5 Å². The summed E-state index contributed by atoms with van der Waals surface area (Å²) in [5.41, 5.74) is 13.1. The molecule has 1 aromatic rings. The van der Waals surface area contributed by atoms with E-state index in [1.807, 2.05) is 24.3 Å². The number of nitrogens with zero attached hydrogens (tertiary/aromatic N) is 1. The number of nitrogens with one attached hydrogen (secondary N) is 1. The lowest BCUT2D eigenvalue weighted by Gasteiger charge is -2.20. The number of hydrogen-bond acceptors (Lipinski definition) is 5. The summed E-state index contributed by atoms with van der Waals surface area (Å²) in [6, 6.07) is 7.27. The monoisotopic (exact) mass is 394 g/mol. The number of ether oxygens (including phenoxy) is 1. The summed E-state index contributed by atoms with van der Waals surface area (Å²) in [6.07, 6.45) is 2.90. The predicted octanol–water partition coefficient (Wildman–Crippen LogP) is 3.33. The van der Waals surface area contributed by atoms with Crippen LogP contribution in [0.25, 0.3) is 0 Å². The third-order valence-corrected chi connectivity index (χ3v) is 4.15. The maximum Gasteiger partial charge on any atom is 0.413 e. The molecule has 1 fully saturated rings. The zero-order chi connectivity index (χ0) is 20.2. The van der Waals surface area contributed by atoms with E-state index in [1.165, 1.54) is 6.08 Å². The lowest BCUT2D eigenvalue weighted by molar-refractivity contribution is 0.0545. The first-order valence-electron chi connectivity index (χ1n) is 8.83. The topological polar surface area (TPSA) is 111 Å². The molecule has 1 atom stereocenters. The normalized spacial score (nSPS) is 15.8. The quantitative estimate of drug-likeness (QED) is 0.506. The van der Waals surface area contributed by atoms with E-state index >= 15 is 0 Å². The average Bonchev–Trinajstić information content (AvgIpc) is 3.35. The lowest BCUT2D eigenvalue weighted by Crippen LogP contribution is -2.34. The molecule has 7 nitrogen and oxygen atoms in total. The molecule has 0 aromatic heterocycles. The average molecular weight is 395 g/mol. The molecule has 0 heterocycles. The Morgan fingerprint density at radius 3 is 2.41 bits per heavy atom. The fourth-order valence-electron chi connectivity index (χ4n) is 2.52. The maximum absolute atomic E-state index is 11.7. The summed E-state index contributed by atoms with van der Waals surface area (Å²) < 4.78 is 5.14. The van der Waals surface area contributed by atoms with E-state index in [1.54, 1.807) is 25.7 Å². The highest BCUT2D eigenvalue weighted by Crippen LogP contribution is 2.29. The van der Waals surface area contributed by atoms with Crippen LogP contribution in [0.15, 0.2) is 36.2 Å². The molecule has 2 rings (SSSR count). The van der Waals surface area contributed by atoms with Crippen LogP contribution >= 0.6 is 11.6 Å². The number of amides is 2. The number of benzene rings is 1. The molecule has 1 aliphatic rings.